The maximum atomic E-state index is 5.42. The molecule has 9 nitrogen and oxygen atoms in total. The summed E-state index contributed by atoms with van der Waals surface area (Å²) in [6, 6.07) is 5.60. The van der Waals surface area contributed by atoms with Crippen LogP contribution < -0.4 is 14.2 Å². The summed E-state index contributed by atoms with van der Waals surface area (Å²) in [6.07, 6.45) is 0. The van der Waals surface area contributed by atoms with Crippen molar-refractivity contribution in [3.63, 3.8) is 0 Å². The molecule has 0 amide bonds. The molecule has 3 aromatic heterocycles. The predicted octanol–water partition coefficient (Wildman–Crippen LogP) is 2.58. The van der Waals surface area contributed by atoms with Crippen LogP contribution in [0, 0.1) is 6.92 Å². The molecular formula is C16H16N6O3S. The van der Waals surface area contributed by atoms with Gasteiger partial charge in [0, 0.05) is 11.3 Å². The number of H-pyrrole nitrogens is 1. The molecule has 0 aliphatic carbocycles. The molecule has 0 radical (unpaired) electrons. The van der Waals surface area contributed by atoms with Crippen LogP contribution in [0.5, 0.6) is 17.2 Å². The Bertz CT molecular complexity index is 1060. The molecule has 0 atom stereocenters. The Morgan fingerprint density at radius 3 is 2.31 bits per heavy atom. The lowest BCUT2D eigenvalue weighted by molar-refractivity contribution is 0.324. The van der Waals surface area contributed by atoms with Crippen molar-refractivity contribution in [3.05, 3.63) is 23.9 Å². The summed E-state index contributed by atoms with van der Waals surface area (Å²) in [7, 11) is 4.73. The Labute approximate surface area is 152 Å². The first kappa shape index (κ1) is 16.3. The monoisotopic (exact) mass is 372 g/mol. The van der Waals surface area contributed by atoms with Crippen molar-refractivity contribution in [2.45, 2.75) is 6.92 Å². The Morgan fingerprint density at radius 1 is 1.00 bits per heavy atom. The van der Waals surface area contributed by atoms with Crippen molar-refractivity contribution in [1.82, 2.24) is 30.0 Å². The van der Waals surface area contributed by atoms with Gasteiger partial charge in [0.25, 0.3) is 0 Å². The molecule has 1 N–H and O–H groups in total. The second-order valence-electron chi connectivity index (χ2n) is 5.48. The van der Waals surface area contributed by atoms with Gasteiger partial charge < -0.3 is 14.2 Å². The van der Waals surface area contributed by atoms with Crippen molar-refractivity contribution in [2.75, 3.05) is 21.3 Å². The molecule has 0 fully saturated rings. The Hall–Kier alpha value is -3.14. The fraction of sp³-hybridized carbons (Fsp3) is 0.250. The number of aromatic nitrogens is 6. The fourth-order valence-electron chi connectivity index (χ4n) is 2.63. The van der Waals surface area contributed by atoms with Crippen LogP contribution in [0.4, 0.5) is 0 Å². The zero-order valence-corrected chi connectivity index (χ0v) is 15.4. The molecule has 0 spiro atoms. The Kier molecular flexibility index (Phi) is 3.96. The smallest absolute Gasteiger partial charge is 0.235 e. The highest BCUT2D eigenvalue weighted by Gasteiger charge is 2.19. The SMILES string of the molecule is COc1cc(-c2nn3c(-c4cc(C)[nH]n4)nnc3s2)cc(OC)c1OC. The Balaban J connectivity index is 1.84. The van der Waals surface area contributed by atoms with Crippen molar-refractivity contribution >= 4 is 16.3 Å². The van der Waals surface area contributed by atoms with Gasteiger partial charge in [-0.3, -0.25) is 5.10 Å². The van der Waals surface area contributed by atoms with Crippen molar-refractivity contribution in [3.8, 4) is 39.3 Å². The number of hydrogen-bond donors (Lipinski definition) is 1. The number of nitrogens with zero attached hydrogens (tertiary/aromatic N) is 5. The molecule has 3 heterocycles. The van der Waals surface area contributed by atoms with Crippen LogP contribution in [-0.2, 0) is 0 Å². The summed E-state index contributed by atoms with van der Waals surface area (Å²) < 4.78 is 17.9. The van der Waals surface area contributed by atoms with Gasteiger partial charge in [-0.05, 0) is 25.1 Å². The standard InChI is InChI=1S/C16H16N6O3S/c1-8-5-10(18-17-8)14-19-20-16-22(14)21-15(26-16)9-6-11(23-2)13(25-4)12(7-9)24-3/h5-7H,1-4H3,(H,17,18). The first-order valence-electron chi connectivity index (χ1n) is 7.69. The highest BCUT2D eigenvalue weighted by molar-refractivity contribution is 7.19. The van der Waals surface area contributed by atoms with E-state index in [0.717, 1.165) is 16.3 Å². The normalized spacial score (nSPS) is 11.1. The lowest BCUT2D eigenvalue weighted by Gasteiger charge is -2.13. The summed E-state index contributed by atoms with van der Waals surface area (Å²) in [5.74, 6) is 2.25. The quantitative estimate of drug-likeness (QED) is 0.575. The van der Waals surface area contributed by atoms with E-state index in [-0.39, 0.29) is 0 Å². The fourth-order valence-corrected chi connectivity index (χ4v) is 3.46. The first-order valence-corrected chi connectivity index (χ1v) is 8.51. The van der Waals surface area contributed by atoms with Gasteiger partial charge in [-0.25, -0.2) is 0 Å². The summed E-state index contributed by atoms with van der Waals surface area (Å²) in [4.78, 5) is 0.671. The number of benzene rings is 1. The molecule has 0 saturated carbocycles. The number of ether oxygens (including phenoxy) is 3. The zero-order valence-electron chi connectivity index (χ0n) is 14.6. The number of aromatic amines is 1. The maximum Gasteiger partial charge on any atom is 0.235 e. The number of hydrogen-bond acceptors (Lipinski definition) is 8. The molecule has 26 heavy (non-hydrogen) atoms. The van der Waals surface area contributed by atoms with Gasteiger partial charge in [-0.15, -0.1) is 10.2 Å². The molecule has 0 aliphatic rings. The average Bonchev–Trinajstić information content (AvgIpc) is 3.35. The number of fused-ring (bicyclic) bond motifs is 1. The van der Waals surface area contributed by atoms with E-state index in [1.807, 2.05) is 25.1 Å². The summed E-state index contributed by atoms with van der Waals surface area (Å²) in [6.45, 7) is 1.93. The zero-order chi connectivity index (χ0) is 18.3. The van der Waals surface area contributed by atoms with Crippen LogP contribution in [0.2, 0.25) is 0 Å². The third-order valence-corrected chi connectivity index (χ3v) is 4.79. The third-order valence-electron chi connectivity index (χ3n) is 3.84. The third kappa shape index (κ3) is 2.54. The molecule has 0 aliphatic heterocycles. The van der Waals surface area contributed by atoms with Crippen molar-refractivity contribution < 1.29 is 14.2 Å². The topological polar surface area (TPSA) is 99.5 Å². The highest BCUT2D eigenvalue weighted by atomic mass is 32.1. The minimum absolute atomic E-state index is 0.537. The van der Waals surface area contributed by atoms with Gasteiger partial charge in [0.05, 0.1) is 21.3 Å². The van der Waals surface area contributed by atoms with E-state index >= 15 is 0 Å². The minimum atomic E-state index is 0.537. The molecule has 1 aromatic carbocycles. The van der Waals surface area contributed by atoms with Gasteiger partial charge in [0.2, 0.25) is 16.5 Å². The van der Waals surface area contributed by atoms with Gasteiger partial charge in [0.15, 0.2) is 11.5 Å². The van der Waals surface area contributed by atoms with Gasteiger partial charge in [0.1, 0.15) is 10.7 Å². The van der Waals surface area contributed by atoms with Crippen LogP contribution in [0.1, 0.15) is 5.69 Å². The van der Waals surface area contributed by atoms with Gasteiger partial charge in [-0.1, -0.05) is 11.3 Å². The van der Waals surface area contributed by atoms with Gasteiger partial charge in [-0.2, -0.15) is 14.7 Å². The number of methoxy groups -OCH3 is 3. The van der Waals surface area contributed by atoms with E-state index in [2.05, 4.69) is 25.5 Å². The van der Waals surface area contributed by atoms with Crippen LogP contribution in [0.3, 0.4) is 0 Å². The largest absolute Gasteiger partial charge is 0.493 e. The second kappa shape index (κ2) is 6.30. The van der Waals surface area contributed by atoms with Crippen LogP contribution >= 0.6 is 11.3 Å². The van der Waals surface area contributed by atoms with Gasteiger partial charge >= 0.3 is 0 Å². The molecule has 0 unspecified atom stereocenters. The summed E-state index contributed by atoms with van der Waals surface area (Å²) >= 11 is 1.41. The van der Waals surface area contributed by atoms with E-state index in [9.17, 15) is 0 Å². The molecule has 4 rings (SSSR count). The van der Waals surface area contributed by atoms with E-state index in [0.29, 0.717) is 33.7 Å². The van der Waals surface area contributed by atoms with Crippen LogP contribution in [-0.4, -0.2) is 51.3 Å². The van der Waals surface area contributed by atoms with E-state index in [4.69, 9.17) is 14.2 Å². The molecule has 0 saturated heterocycles. The second-order valence-corrected chi connectivity index (χ2v) is 6.43. The molecular weight excluding hydrogens is 356 g/mol. The van der Waals surface area contributed by atoms with Crippen LogP contribution in [0.15, 0.2) is 18.2 Å². The number of rotatable bonds is 5. The Morgan fingerprint density at radius 2 is 1.73 bits per heavy atom. The summed E-state index contributed by atoms with van der Waals surface area (Å²) in [5, 5.41) is 20.9. The van der Waals surface area contributed by atoms with Crippen molar-refractivity contribution in [2.24, 2.45) is 0 Å². The molecule has 10 heteroatoms. The molecule has 134 valence electrons. The first-order chi connectivity index (χ1) is 12.6. The minimum Gasteiger partial charge on any atom is -0.493 e. The highest BCUT2D eigenvalue weighted by Crippen LogP contribution is 2.42. The predicted molar refractivity (Wildman–Crippen MR) is 96.1 cm³/mol. The van der Waals surface area contributed by atoms with E-state index in [1.54, 1.807) is 25.8 Å². The molecule has 0 bridgehead atoms. The average molecular weight is 372 g/mol. The van der Waals surface area contributed by atoms with E-state index in [1.165, 1.54) is 11.3 Å². The van der Waals surface area contributed by atoms with E-state index < -0.39 is 0 Å². The van der Waals surface area contributed by atoms with Crippen LogP contribution in [0.25, 0.3) is 27.1 Å². The summed E-state index contributed by atoms with van der Waals surface area (Å²) in [5.41, 5.74) is 2.47. The number of aryl methyl sites for hydroxylation is 1. The number of nitrogens with one attached hydrogen (secondary N) is 1. The van der Waals surface area contributed by atoms with Crippen molar-refractivity contribution in [1.29, 1.82) is 0 Å². The maximum absolute atomic E-state index is 5.42. The lowest BCUT2D eigenvalue weighted by Crippen LogP contribution is -1.96. The molecule has 4 aromatic rings. The lowest BCUT2D eigenvalue weighted by atomic mass is 10.2.